The first-order valence-electron chi connectivity index (χ1n) is 7.23. The van der Waals surface area contributed by atoms with Crippen LogP contribution in [0.4, 0.5) is 8.78 Å². The maximum Gasteiger partial charge on any atom is 0.249 e. The van der Waals surface area contributed by atoms with E-state index in [2.05, 4.69) is 5.32 Å². The Kier molecular flexibility index (Phi) is 5.68. The van der Waals surface area contributed by atoms with Gasteiger partial charge in [0.25, 0.3) is 0 Å². The SMILES string of the molecule is CC(COc1ccc(F)cc1F)NC(=O)[C@@H]1CC[C@H](CN)O1. The molecule has 22 heavy (non-hydrogen) atoms. The van der Waals surface area contributed by atoms with Gasteiger partial charge in [-0.15, -0.1) is 0 Å². The van der Waals surface area contributed by atoms with Gasteiger partial charge in [-0.05, 0) is 31.9 Å². The number of rotatable bonds is 6. The lowest BCUT2D eigenvalue weighted by atomic mass is 10.2. The van der Waals surface area contributed by atoms with E-state index in [9.17, 15) is 13.6 Å². The summed E-state index contributed by atoms with van der Waals surface area (Å²) in [5, 5.41) is 2.74. The highest BCUT2D eigenvalue weighted by atomic mass is 19.1. The summed E-state index contributed by atoms with van der Waals surface area (Å²) in [5.74, 6) is -1.73. The molecule has 0 bridgehead atoms. The second kappa shape index (κ2) is 7.51. The van der Waals surface area contributed by atoms with Gasteiger partial charge in [0, 0.05) is 12.6 Å². The fourth-order valence-electron chi connectivity index (χ4n) is 2.26. The van der Waals surface area contributed by atoms with E-state index in [1.165, 1.54) is 6.07 Å². The van der Waals surface area contributed by atoms with Crippen molar-refractivity contribution in [3.05, 3.63) is 29.8 Å². The number of carbonyl (C=O) groups is 1. The van der Waals surface area contributed by atoms with Crippen LogP contribution >= 0.6 is 0 Å². The Labute approximate surface area is 127 Å². The molecule has 1 amide bonds. The van der Waals surface area contributed by atoms with Crippen LogP contribution in [0.2, 0.25) is 0 Å². The van der Waals surface area contributed by atoms with Crippen LogP contribution in [0.15, 0.2) is 18.2 Å². The normalized spacial score (nSPS) is 22.4. The monoisotopic (exact) mass is 314 g/mol. The summed E-state index contributed by atoms with van der Waals surface area (Å²) in [7, 11) is 0. The molecule has 0 aliphatic carbocycles. The summed E-state index contributed by atoms with van der Waals surface area (Å²) in [4.78, 5) is 12.0. The van der Waals surface area contributed by atoms with Gasteiger partial charge >= 0.3 is 0 Å². The molecule has 3 atom stereocenters. The van der Waals surface area contributed by atoms with E-state index in [4.69, 9.17) is 15.2 Å². The minimum Gasteiger partial charge on any atom is -0.488 e. The van der Waals surface area contributed by atoms with Crippen LogP contribution < -0.4 is 15.8 Å². The van der Waals surface area contributed by atoms with Gasteiger partial charge in [0.2, 0.25) is 5.91 Å². The Hall–Kier alpha value is -1.73. The maximum absolute atomic E-state index is 13.4. The molecule has 1 saturated heterocycles. The molecule has 2 rings (SSSR count). The lowest BCUT2D eigenvalue weighted by Gasteiger charge is -2.18. The minimum absolute atomic E-state index is 0.0530. The molecule has 1 aliphatic heterocycles. The predicted molar refractivity (Wildman–Crippen MR) is 76.4 cm³/mol. The van der Waals surface area contributed by atoms with Crippen molar-refractivity contribution >= 4 is 5.91 Å². The van der Waals surface area contributed by atoms with Crippen LogP contribution in [0, 0.1) is 11.6 Å². The second-order valence-electron chi connectivity index (χ2n) is 5.36. The Morgan fingerprint density at radius 1 is 1.50 bits per heavy atom. The lowest BCUT2D eigenvalue weighted by molar-refractivity contribution is -0.132. The molecular formula is C15H20F2N2O3. The molecule has 1 fully saturated rings. The smallest absolute Gasteiger partial charge is 0.249 e. The number of benzene rings is 1. The maximum atomic E-state index is 13.4. The minimum atomic E-state index is -0.775. The molecule has 1 aromatic rings. The third kappa shape index (κ3) is 4.38. The van der Waals surface area contributed by atoms with Gasteiger partial charge in [-0.2, -0.15) is 0 Å². The van der Waals surface area contributed by atoms with Gasteiger partial charge in [0.15, 0.2) is 11.6 Å². The summed E-state index contributed by atoms with van der Waals surface area (Å²) >= 11 is 0. The number of ether oxygens (including phenoxy) is 2. The van der Waals surface area contributed by atoms with Crippen LogP contribution in [-0.2, 0) is 9.53 Å². The molecule has 0 radical (unpaired) electrons. The first-order valence-corrected chi connectivity index (χ1v) is 7.23. The lowest BCUT2D eigenvalue weighted by Crippen LogP contribution is -2.43. The Morgan fingerprint density at radius 2 is 2.27 bits per heavy atom. The molecule has 1 heterocycles. The third-order valence-electron chi connectivity index (χ3n) is 3.43. The number of amides is 1. The Balaban J connectivity index is 1.78. The highest BCUT2D eigenvalue weighted by molar-refractivity contribution is 5.81. The second-order valence-corrected chi connectivity index (χ2v) is 5.36. The van der Waals surface area contributed by atoms with Gasteiger partial charge in [-0.3, -0.25) is 4.79 Å². The average molecular weight is 314 g/mol. The quantitative estimate of drug-likeness (QED) is 0.831. The number of nitrogens with two attached hydrogens (primary N) is 1. The molecule has 122 valence electrons. The largest absolute Gasteiger partial charge is 0.488 e. The zero-order valence-corrected chi connectivity index (χ0v) is 12.4. The zero-order valence-electron chi connectivity index (χ0n) is 12.4. The standard InChI is InChI=1S/C15H20F2N2O3/c1-9(8-21-13-4-2-10(16)6-12(13)17)19-15(20)14-5-3-11(7-18)22-14/h2,4,6,9,11,14H,3,5,7-8,18H2,1H3,(H,19,20)/t9?,11-,14+/m1/s1. The summed E-state index contributed by atoms with van der Waals surface area (Å²) < 4.78 is 36.9. The first kappa shape index (κ1) is 16.6. The Morgan fingerprint density at radius 3 is 2.91 bits per heavy atom. The first-order chi connectivity index (χ1) is 10.5. The van der Waals surface area contributed by atoms with Crippen LogP contribution in [-0.4, -0.2) is 37.3 Å². The molecule has 5 nitrogen and oxygen atoms in total. The molecule has 1 aliphatic rings. The van der Waals surface area contributed by atoms with Gasteiger partial charge in [-0.25, -0.2) is 8.78 Å². The van der Waals surface area contributed by atoms with Crippen molar-refractivity contribution in [1.82, 2.24) is 5.32 Å². The van der Waals surface area contributed by atoms with E-state index in [-0.39, 0.29) is 30.4 Å². The number of halogens is 2. The number of hydrogen-bond acceptors (Lipinski definition) is 4. The van der Waals surface area contributed by atoms with E-state index >= 15 is 0 Å². The van der Waals surface area contributed by atoms with Gasteiger partial charge in [-0.1, -0.05) is 0 Å². The Bertz CT molecular complexity index is 528. The summed E-state index contributed by atoms with van der Waals surface area (Å²) in [5.41, 5.74) is 5.50. The zero-order chi connectivity index (χ0) is 16.1. The van der Waals surface area contributed by atoms with Crippen LogP contribution in [0.5, 0.6) is 5.75 Å². The molecule has 1 aromatic carbocycles. The van der Waals surface area contributed by atoms with Crippen LogP contribution in [0.3, 0.4) is 0 Å². The highest BCUT2D eigenvalue weighted by Gasteiger charge is 2.30. The van der Waals surface area contributed by atoms with E-state index in [1.807, 2.05) is 0 Å². The van der Waals surface area contributed by atoms with Crippen LogP contribution in [0.25, 0.3) is 0 Å². The molecule has 3 N–H and O–H groups in total. The summed E-state index contributed by atoms with van der Waals surface area (Å²) in [6.45, 7) is 2.20. The molecular weight excluding hydrogens is 294 g/mol. The molecule has 7 heteroatoms. The summed E-state index contributed by atoms with van der Waals surface area (Å²) in [6.07, 6.45) is 0.822. The number of nitrogens with one attached hydrogen (secondary N) is 1. The fourth-order valence-corrected chi connectivity index (χ4v) is 2.26. The average Bonchev–Trinajstić information content (AvgIpc) is 2.95. The topological polar surface area (TPSA) is 73.6 Å². The van der Waals surface area contributed by atoms with E-state index in [0.29, 0.717) is 13.0 Å². The van der Waals surface area contributed by atoms with Crippen molar-refractivity contribution in [1.29, 1.82) is 0 Å². The molecule has 0 spiro atoms. The molecule has 1 unspecified atom stereocenters. The van der Waals surface area contributed by atoms with Crippen molar-refractivity contribution in [2.75, 3.05) is 13.2 Å². The predicted octanol–water partition coefficient (Wildman–Crippen LogP) is 1.35. The van der Waals surface area contributed by atoms with Crippen molar-refractivity contribution in [2.24, 2.45) is 5.73 Å². The third-order valence-corrected chi connectivity index (χ3v) is 3.43. The van der Waals surface area contributed by atoms with Crippen molar-refractivity contribution in [3.63, 3.8) is 0 Å². The fraction of sp³-hybridized carbons (Fsp3) is 0.533. The number of carbonyl (C=O) groups excluding carboxylic acids is 1. The van der Waals surface area contributed by atoms with E-state index in [0.717, 1.165) is 18.6 Å². The highest BCUT2D eigenvalue weighted by Crippen LogP contribution is 2.19. The van der Waals surface area contributed by atoms with Crippen molar-refractivity contribution < 1.29 is 23.0 Å². The molecule has 0 aromatic heterocycles. The number of hydrogen-bond donors (Lipinski definition) is 2. The van der Waals surface area contributed by atoms with E-state index < -0.39 is 17.7 Å². The summed E-state index contributed by atoms with van der Waals surface area (Å²) in [6, 6.07) is 2.74. The van der Waals surface area contributed by atoms with Crippen molar-refractivity contribution in [3.8, 4) is 5.75 Å². The van der Waals surface area contributed by atoms with Crippen molar-refractivity contribution in [2.45, 2.75) is 38.0 Å². The van der Waals surface area contributed by atoms with Crippen LogP contribution in [0.1, 0.15) is 19.8 Å². The van der Waals surface area contributed by atoms with Gasteiger partial charge < -0.3 is 20.5 Å². The van der Waals surface area contributed by atoms with Gasteiger partial charge in [0.05, 0.1) is 12.1 Å². The van der Waals surface area contributed by atoms with Gasteiger partial charge in [0.1, 0.15) is 18.5 Å². The van der Waals surface area contributed by atoms with E-state index in [1.54, 1.807) is 6.92 Å². The molecule has 0 saturated carbocycles.